The first-order chi connectivity index (χ1) is 8.84. The Morgan fingerprint density at radius 1 is 1.28 bits per heavy atom. The summed E-state index contributed by atoms with van der Waals surface area (Å²) in [6.07, 6.45) is 6.83. The van der Waals surface area contributed by atoms with Gasteiger partial charge in [-0.15, -0.1) is 0 Å². The molecule has 3 heterocycles. The van der Waals surface area contributed by atoms with Crippen molar-refractivity contribution in [2.24, 2.45) is 5.92 Å². The lowest BCUT2D eigenvalue weighted by atomic mass is 9.95. The van der Waals surface area contributed by atoms with E-state index in [2.05, 4.69) is 10.4 Å². The van der Waals surface area contributed by atoms with Gasteiger partial charge in [0.05, 0.1) is 0 Å². The van der Waals surface area contributed by atoms with Crippen LogP contribution >= 0.6 is 0 Å². The summed E-state index contributed by atoms with van der Waals surface area (Å²) < 4.78 is 3.56. The van der Waals surface area contributed by atoms with Crippen LogP contribution in [0.3, 0.4) is 0 Å². The average Bonchev–Trinajstić information content (AvgIpc) is 2.75. The van der Waals surface area contributed by atoms with E-state index >= 15 is 0 Å². The number of rotatable bonds is 3. The molecule has 2 aliphatic rings. The topological polar surface area (TPSA) is 51.9 Å². The highest BCUT2D eigenvalue weighted by Gasteiger charge is 2.18. The highest BCUT2D eigenvalue weighted by molar-refractivity contribution is 4.91. The summed E-state index contributed by atoms with van der Waals surface area (Å²) in [5, 5.41) is 7.86. The van der Waals surface area contributed by atoms with Gasteiger partial charge in [0, 0.05) is 19.5 Å². The molecule has 0 atom stereocenters. The lowest BCUT2D eigenvalue weighted by molar-refractivity contribution is 0.329. The molecule has 0 unspecified atom stereocenters. The Kier molecular flexibility index (Phi) is 3.50. The fourth-order valence-electron chi connectivity index (χ4n) is 3.07. The van der Waals surface area contributed by atoms with E-state index < -0.39 is 0 Å². The molecule has 2 aliphatic heterocycles. The van der Waals surface area contributed by atoms with Gasteiger partial charge >= 0.3 is 5.69 Å². The highest BCUT2D eigenvalue weighted by atomic mass is 16.2. The van der Waals surface area contributed by atoms with Gasteiger partial charge in [-0.25, -0.2) is 9.48 Å². The number of hydrogen-bond donors (Lipinski definition) is 1. The number of aryl methyl sites for hydroxylation is 2. The van der Waals surface area contributed by atoms with Crippen LogP contribution in [0.15, 0.2) is 4.79 Å². The third kappa shape index (κ3) is 2.36. The van der Waals surface area contributed by atoms with Crippen molar-refractivity contribution in [1.29, 1.82) is 0 Å². The molecule has 100 valence electrons. The molecule has 18 heavy (non-hydrogen) atoms. The van der Waals surface area contributed by atoms with E-state index in [-0.39, 0.29) is 5.69 Å². The van der Waals surface area contributed by atoms with E-state index in [1.165, 1.54) is 19.3 Å². The molecule has 0 saturated carbocycles. The summed E-state index contributed by atoms with van der Waals surface area (Å²) in [7, 11) is 0. The van der Waals surface area contributed by atoms with E-state index in [4.69, 9.17) is 0 Å². The molecule has 0 amide bonds. The Balaban J connectivity index is 1.65. The van der Waals surface area contributed by atoms with Crippen molar-refractivity contribution in [3.8, 4) is 0 Å². The minimum Gasteiger partial charge on any atom is -0.317 e. The summed E-state index contributed by atoms with van der Waals surface area (Å²) in [6, 6.07) is 0. The van der Waals surface area contributed by atoms with Crippen molar-refractivity contribution in [3.63, 3.8) is 0 Å². The zero-order chi connectivity index (χ0) is 12.4. The van der Waals surface area contributed by atoms with Crippen molar-refractivity contribution < 1.29 is 0 Å². The second kappa shape index (κ2) is 5.26. The number of nitrogens with one attached hydrogen (secondary N) is 1. The number of piperidine rings is 1. The summed E-state index contributed by atoms with van der Waals surface area (Å²) in [5.41, 5.74) is 0.110. The van der Waals surface area contributed by atoms with Crippen molar-refractivity contribution in [3.05, 3.63) is 16.3 Å². The van der Waals surface area contributed by atoms with Gasteiger partial charge in [0.2, 0.25) is 0 Å². The predicted molar refractivity (Wildman–Crippen MR) is 69.6 cm³/mol. The first-order valence-corrected chi connectivity index (χ1v) is 7.22. The minimum absolute atomic E-state index is 0.110. The summed E-state index contributed by atoms with van der Waals surface area (Å²) in [4.78, 5) is 12.1. The Morgan fingerprint density at radius 2 is 2.11 bits per heavy atom. The number of aromatic nitrogens is 3. The van der Waals surface area contributed by atoms with Crippen LogP contribution in [0.4, 0.5) is 0 Å². The minimum atomic E-state index is 0.110. The van der Waals surface area contributed by atoms with Crippen LogP contribution in [-0.4, -0.2) is 27.4 Å². The fourth-order valence-corrected chi connectivity index (χ4v) is 3.07. The molecule has 1 fully saturated rings. The molecule has 0 aromatic carbocycles. The molecule has 0 radical (unpaired) electrons. The highest BCUT2D eigenvalue weighted by Crippen LogP contribution is 2.16. The Hall–Kier alpha value is -1.10. The second-order valence-corrected chi connectivity index (χ2v) is 5.51. The van der Waals surface area contributed by atoms with Crippen molar-refractivity contribution in [2.45, 2.75) is 51.6 Å². The SMILES string of the molecule is O=c1n(CCC2CCNCC2)nc2n1CCCC2. The molecule has 1 saturated heterocycles. The van der Waals surface area contributed by atoms with Crippen molar-refractivity contribution in [2.75, 3.05) is 13.1 Å². The quantitative estimate of drug-likeness (QED) is 0.862. The summed E-state index contributed by atoms with van der Waals surface area (Å²) >= 11 is 0. The molecule has 5 nitrogen and oxygen atoms in total. The Bertz CT molecular complexity index is 456. The molecule has 0 aliphatic carbocycles. The molecule has 0 spiro atoms. The normalized spacial score (nSPS) is 20.9. The van der Waals surface area contributed by atoms with Gasteiger partial charge in [-0.2, -0.15) is 5.10 Å². The molecule has 1 aromatic rings. The Labute approximate surface area is 107 Å². The summed E-state index contributed by atoms with van der Waals surface area (Å²) in [5.74, 6) is 1.76. The van der Waals surface area contributed by atoms with Crippen LogP contribution in [0.1, 0.15) is 37.9 Å². The number of hydrogen-bond acceptors (Lipinski definition) is 3. The maximum atomic E-state index is 12.1. The molecule has 0 bridgehead atoms. The smallest absolute Gasteiger partial charge is 0.317 e. The van der Waals surface area contributed by atoms with E-state index in [9.17, 15) is 4.79 Å². The Morgan fingerprint density at radius 3 is 2.89 bits per heavy atom. The van der Waals surface area contributed by atoms with E-state index in [1.54, 1.807) is 4.68 Å². The molecule has 3 rings (SSSR count). The van der Waals surface area contributed by atoms with Crippen LogP contribution < -0.4 is 11.0 Å². The lowest BCUT2D eigenvalue weighted by Crippen LogP contribution is -2.30. The van der Waals surface area contributed by atoms with Crippen LogP contribution in [0.25, 0.3) is 0 Å². The third-order valence-corrected chi connectivity index (χ3v) is 4.24. The molecule has 5 heteroatoms. The second-order valence-electron chi connectivity index (χ2n) is 5.51. The third-order valence-electron chi connectivity index (χ3n) is 4.24. The monoisotopic (exact) mass is 250 g/mol. The lowest BCUT2D eigenvalue weighted by Gasteiger charge is -2.22. The maximum Gasteiger partial charge on any atom is 0.345 e. The molecular weight excluding hydrogens is 228 g/mol. The zero-order valence-electron chi connectivity index (χ0n) is 10.9. The predicted octanol–water partition coefficient (Wildman–Crippen LogP) is 0.771. The first kappa shape index (κ1) is 12.0. The number of nitrogens with zero attached hydrogens (tertiary/aromatic N) is 3. The number of fused-ring (bicyclic) bond motifs is 1. The van der Waals surface area contributed by atoms with E-state index in [0.717, 1.165) is 57.2 Å². The van der Waals surface area contributed by atoms with Gasteiger partial charge in [-0.1, -0.05) is 0 Å². The first-order valence-electron chi connectivity index (χ1n) is 7.22. The van der Waals surface area contributed by atoms with Gasteiger partial charge in [-0.3, -0.25) is 4.57 Å². The maximum absolute atomic E-state index is 12.1. The largest absolute Gasteiger partial charge is 0.345 e. The van der Waals surface area contributed by atoms with Gasteiger partial charge in [0.25, 0.3) is 0 Å². The van der Waals surface area contributed by atoms with Gasteiger partial charge < -0.3 is 5.32 Å². The van der Waals surface area contributed by atoms with Gasteiger partial charge in [-0.05, 0) is 51.1 Å². The van der Waals surface area contributed by atoms with Crippen LogP contribution in [0, 0.1) is 5.92 Å². The van der Waals surface area contributed by atoms with E-state index in [1.807, 2.05) is 4.57 Å². The van der Waals surface area contributed by atoms with Gasteiger partial charge in [0.1, 0.15) is 5.82 Å². The molecule has 1 N–H and O–H groups in total. The van der Waals surface area contributed by atoms with Gasteiger partial charge in [0.15, 0.2) is 0 Å². The summed E-state index contributed by atoms with van der Waals surface area (Å²) in [6.45, 7) is 3.91. The van der Waals surface area contributed by atoms with Crippen molar-refractivity contribution >= 4 is 0 Å². The standard InChI is InChI=1S/C13H22N4O/c18-13-16-9-2-1-3-12(16)15-17(13)10-6-11-4-7-14-8-5-11/h11,14H,1-10H2. The van der Waals surface area contributed by atoms with E-state index in [0.29, 0.717) is 0 Å². The zero-order valence-corrected chi connectivity index (χ0v) is 10.9. The molecule has 1 aromatic heterocycles. The average molecular weight is 250 g/mol. The molecular formula is C13H22N4O. The fraction of sp³-hybridized carbons (Fsp3) is 0.846. The van der Waals surface area contributed by atoms with Crippen LogP contribution in [-0.2, 0) is 19.5 Å². The van der Waals surface area contributed by atoms with Crippen LogP contribution in [0.2, 0.25) is 0 Å². The van der Waals surface area contributed by atoms with Crippen LogP contribution in [0.5, 0.6) is 0 Å². The van der Waals surface area contributed by atoms with Crippen molar-refractivity contribution in [1.82, 2.24) is 19.7 Å².